The Morgan fingerprint density at radius 3 is 2.73 bits per heavy atom. The first-order valence-electron chi connectivity index (χ1n) is 4.81. The Balaban J connectivity index is 2.51. The molecule has 0 bridgehead atoms. The molecule has 1 aromatic rings. The summed E-state index contributed by atoms with van der Waals surface area (Å²) in [6.07, 6.45) is 1.70. The van der Waals surface area contributed by atoms with E-state index in [0.29, 0.717) is 11.3 Å². The maximum atomic E-state index is 9.80. The summed E-state index contributed by atoms with van der Waals surface area (Å²) < 4.78 is 10.8. The van der Waals surface area contributed by atoms with Crippen LogP contribution in [0.15, 0.2) is 24.3 Å². The monoisotopic (exact) mass is 206 g/mol. The van der Waals surface area contributed by atoms with Gasteiger partial charge in [0.05, 0.1) is 12.7 Å². The van der Waals surface area contributed by atoms with E-state index in [1.165, 1.54) is 0 Å². The zero-order chi connectivity index (χ0) is 11.1. The third-order valence-electron chi connectivity index (χ3n) is 2.32. The second kappa shape index (κ2) is 3.19. The first kappa shape index (κ1) is 9.90. The van der Waals surface area contributed by atoms with Crippen LogP contribution in [0.5, 0.6) is 11.5 Å². The van der Waals surface area contributed by atoms with Gasteiger partial charge < -0.3 is 14.6 Å². The number of hydrogen-bond donors (Lipinski definition) is 1. The quantitative estimate of drug-likeness (QED) is 0.767. The molecule has 0 aliphatic carbocycles. The second-order valence-corrected chi connectivity index (χ2v) is 4.10. The molecule has 0 aromatic heterocycles. The predicted octanol–water partition coefficient (Wildman–Crippen LogP) is 2.77. The molecule has 1 aromatic carbocycles. The van der Waals surface area contributed by atoms with Crippen molar-refractivity contribution in [3.8, 4) is 11.5 Å². The van der Waals surface area contributed by atoms with E-state index in [-0.39, 0.29) is 5.76 Å². The van der Waals surface area contributed by atoms with Crippen LogP contribution in [0.3, 0.4) is 0 Å². The van der Waals surface area contributed by atoms with Crippen LogP contribution in [-0.4, -0.2) is 17.8 Å². The Hall–Kier alpha value is -1.64. The Bertz CT molecular complexity index is 419. The van der Waals surface area contributed by atoms with Crippen molar-refractivity contribution in [1.29, 1.82) is 0 Å². The summed E-state index contributed by atoms with van der Waals surface area (Å²) in [5, 5.41) is 9.80. The Labute approximate surface area is 88.9 Å². The van der Waals surface area contributed by atoms with Gasteiger partial charge in [0.15, 0.2) is 0 Å². The molecule has 0 fully saturated rings. The molecule has 15 heavy (non-hydrogen) atoms. The molecule has 0 saturated heterocycles. The molecule has 1 N–H and O–H groups in total. The van der Waals surface area contributed by atoms with Gasteiger partial charge in [-0.05, 0) is 26.0 Å². The highest BCUT2D eigenvalue weighted by molar-refractivity contribution is 5.68. The van der Waals surface area contributed by atoms with Crippen molar-refractivity contribution >= 4 is 5.76 Å². The molecule has 0 spiro atoms. The topological polar surface area (TPSA) is 38.7 Å². The summed E-state index contributed by atoms with van der Waals surface area (Å²) in [4.78, 5) is 0. The van der Waals surface area contributed by atoms with E-state index in [1.54, 1.807) is 31.4 Å². The van der Waals surface area contributed by atoms with E-state index in [1.807, 2.05) is 13.8 Å². The van der Waals surface area contributed by atoms with Crippen molar-refractivity contribution in [2.24, 2.45) is 0 Å². The van der Waals surface area contributed by atoms with E-state index in [9.17, 15) is 5.11 Å². The summed E-state index contributed by atoms with van der Waals surface area (Å²) in [5.74, 6) is 1.63. The normalized spacial score (nSPS) is 17.4. The van der Waals surface area contributed by atoms with Crippen molar-refractivity contribution in [2.45, 2.75) is 19.4 Å². The number of benzene rings is 1. The SMILES string of the molecule is COc1ccc2c(c1)OC(C)(C)C=C2O. The Kier molecular flexibility index (Phi) is 2.11. The van der Waals surface area contributed by atoms with Crippen LogP contribution in [0, 0.1) is 0 Å². The fourth-order valence-electron chi connectivity index (χ4n) is 1.65. The summed E-state index contributed by atoms with van der Waals surface area (Å²) >= 11 is 0. The van der Waals surface area contributed by atoms with Gasteiger partial charge in [-0.25, -0.2) is 0 Å². The summed E-state index contributed by atoms with van der Waals surface area (Å²) in [6.45, 7) is 3.79. The lowest BCUT2D eigenvalue weighted by molar-refractivity contribution is 0.153. The van der Waals surface area contributed by atoms with Crippen molar-refractivity contribution in [2.75, 3.05) is 7.11 Å². The van der Waals surface area contributed by atoms with Crippen LogP contribution < -0.4 is 9.47 Å². The van der Waals surface area contributed by atoms with Crippen molar-refractivity contribution < 1.29 is 14.6 Å². The lowest BCUT2D eigenvalue weighted by Gasteiger charge is -2.29. The Morgan fingerprint density at radius 1 is 1.33 bits per heavy atom. The van der Waals surface area contributed by atoms with Gasteiger partial charge in [0.25, 0.3) is 0 Å². The van der Waals surface area contributed by atoms with Gasteiger partial charge in [-0.15, -0.1) is 0 Å². The molecule has 0 radical (unpaired) electrons. The highest BCUT2D eigenvalue weighted by Crippen LogP contribution is 2.36. The van der Waals surface area contributed by atoms with Gasteiger partial charge in [0, 0.05) is 12.1 Å². The van der Waals surface area contributed by atoms with Gasteiger partial charge in [-0.3, -0.25) is 0 Å². The first-order valence-corrected chi connectivity index (χ1v) is 4.81. The van der Waals surface area contributed by atoms with Crippen molar-refractivity contribution in [3.63, 3.8) is 0 Å². The lowest BCUT2D eigenvalue weighted by Crippen LogP contribution is -2.28. The van der Waals surface area contributed by atoms with Crippen molar-refractivity contribution in [3.05, 3.63) is 29.8 Å². The largest absolute Gasteiger partial charge is 0.507 e. The average molecular weight is 206 g/mol. The molecular weight excluding hydrogens is 192 g/mol. The summed E-state index contributed by atoms with van der Waals surface area (Å²) in [5.41, 5.74) is 0.221. The maximum Gasteiger partial charge on any atom is 0.135 e. The highest BCUT2D eigenvalue weighted by Gasteiger charge is 2.26. The van der Waals surface area contributed by atoms with Crippen molar-refractivity contribution in [1.82, 2.24) is 0 Å². The third-order valence-corrected chi connectivity index (χ3v) is 2.32. The number of hydrogen-bond acceptors (Lipinski definition) is 3. The minimum Gasteiger partial charge on any atom is -0.507 e. The molecule has 1 aliphatic heterocycles. The number of ether oxygens (including phenoxy) is 2. The molecule has 80 valence electrons. The smallest absolute Gasteiger partial charge is 0.135 e. The van der Waals surface area contributed by atoms with Crippen LogP contribution in [0.2, 0.25) is 0 Å². The Morgan fingerprint density at radius 2 is 2.07 bits per heavy atom. The molecule has 3 nitrogen and oxygen atoms in total. The molecule has 1 aliphatic rings. The third kappa shape index (κ3) is 1.77. The number of aliphatic hydroxyl groups excluding tert-OH is 1. The van der Waals surface area contributed by atoms with Crippen LogP contribution in [0.4, 0.5) is 0 Å². The highest BCUT2D eigenvalue weighted by atomic mass is 16.5. The maximum absolute atomic E-state index is 9.80. The minimum absolute atomic E-state index is 0.254. The predicted molar refractivity (Wildman–Crippen MR) is 58.3 cm³/mol. The number of methoxy groups -OCH3 is 1. The molecule has 3 heteroatoms. The second-order valence-electron chi connectivity index (χ2n) is 4.10. The van der Waals surface area contributed by atoms with Crippen LogP contribution in [0.1, 0.15) is 19.4 Å². The van der Waals surface area contributed by atoms with Crippen LogP contribution >= 0.6 is 0 Å². The summed E-state index contributed by atoms with van der Waals surface area (Å²) in [7, 11) is 1.60. The van der Waals surface area contributed by atoms with E-state index in [2.05, 4.69) is 0 Å². The van der Waals surface area contributed by atoms with E-state index in [0.717, 1.165) is 5.75 Å². The standard InChI is InChI=1S/C12H14O3/c1-12(2)7-10(13)9-5-4-8(14-3)6-11(9)15-12/h4-7,13H,1-3H3. The molecule has 0 atom stereocenters. The van der Waals surface area contributed by atoms with E-state index in [4.69, 9.17) is 9.47 Å². The van der Waals surface area contributed by atoms with Gasteiger partial charge in [-0.1, -0.05) is 0 Å². The minimum atomic E-state index is -0.483. The number of rotatable bonds is 1. The number of fused-ring (bicyclic) bond motifs is 1. The molecule has 0 unspecified atom stereocenters. The fourth-order valence-corrected chi connectivity index (χ4v) is 1.65. The van der Waals surface area contributed by atoms with Gasteiger partial charge >= 0.3 is 0 Å². The molecule has 1 heterocycles. The van der Waals surface area contributed by atoms with E-state index >= 15 is 0 Å². The first-order chi connectivity index (χ1) is 7.02. The van der Waals surface area contributed by atoms with Crippen LogP contribution in [0.25, 0.3) is 5.76 Å². The lowest BCUT2D eigenvalue weighted by atomic mass is 10.0. The molecular formula is C12H14O3. The molecule has 0 saturated carbocycles. The van der Waals surface area contributed by atoms with Gasteiger partial charge in [0.2, 0.25) is 0 Å². The average Bonchev–Trinajstić information content (AvgIpc) is 2.14. The van der Waals surface area contributed by atoms with Gasteiger partial charge in [0.1, 0.15) is 22.9 Å². The van der Waals surface area contributed by atoms with E-state index < -0.39 is 5.60 Å². The number of aliphatic hydroxyl groups is 1. The zero-order valence-electron chi connectivity index (χ0n) is 9.07. The van der Waals surface area contributed by atoms with Gasteiger partial charge in [-0.2, -0.15) is 0 Å². The fraction of sp³-hybridized carbons (Fsp3) is 0.333. The molecule has 2 rings (SSSR count). The summed E-state index contributed by atoms with van der Waals surface area (Å²) in [6, 6.07) is 5.36. The zero-order valence-corrected chi connectivity index (χ0v) is 9.07. The van der Waals surface area contributed by atoms with Crippen LogP contribution in [-0.2, 0) is 0 Å². The molecule has 0 amide bonds.